The van der Waals surface area contributed by atoms with Crippen LogP contribution in [0.3, 0.4) is 0 Å². The molecule has 2 rings (SSSR count). The molecule has 0 aromatic carbocycles. The van der Waals surface area contributed by atoms with Crippen molar-refractivity contribution in [3.63, 3.8) is 0 Å². The Bertz CT molecular complexity index is 439. The van der Waals surface area contributed by atoms with E-state index in [4.69, 9.17) is 0 Å². The second-order valence-electron chi connectivity index (χ2n) is 5.60. The van der Waals surface area contributed by atoms with Gasteiger partial charge in [0.25, 0.3) is 5.91 Å². The van der Waals surface area contributed by atoms with E-state index in [0.717, 1.165) is 37.3 Å². The Morgan fingerprint density at radius 1 is 1.53 bits per heavy atom. The largest absolute Gasteiger partial charge is 0.351 e. The number of hydrogen-bond acceptors (Lipinski definition) is 3. The minimum Gasteiger partial charge on any atom is -0.351 e. The van der Waals surface area contributed by atoms with Gasteiger partial charge in [-0.2, -0.15) is 5.10 Å². The monoisotopic (exact) mass is 264 g/mol. The number of nitrogens with zero attached hydrogens (tertiary/aromatic N) is 2. The molecule has 1 aromatic rings. The molecule has 19 heavy (non-hydrogen) atoms. The fourth-order valence-corrected chi connectivity index (χ4v) is 2.41. The Morgan fingerprint density at radius 2 is 2.32 bits per heavy atom. The van der Waals surface area contributed by atoms with Gasteiger partial charge < -0.3 is 5.32 Å². The molecule has 2 heterocycles. The van der Waals surface area contributed by atoms with Gasteiger partial charge in [0, 0.05) is 37.3 Å². The number of carbonyl (C=O) groups excluding carboxylic acids is 1. The lowest BCUT2D eigenvalue weighted by molar-refractivity contribution is 0.0948. The summed E-state index contributed by atoms with van der Waals surface area (Å²) in [6, 6.07) is 0. The third-order valence-corrected chi connectivity index (χ3v) is 3.59. The molecule has 0 aliphatic carbocycles. The molecule has 1 aliphatic heterocycles. The van der Waals surface area contributed by atoms with E-state index in [1.807, 2.05) is 6.92 Å². The standard InChI is InChI=1S/C14H24N4O/c1-4-15-14(19)13-11-9-18(7-5-10(2)3)8-6-12(11)16-17-13/h10H,4-9H2,1-3H3,(H,15,19)(H,16,17). The minimum atomic E-state index is -0.0642. The van der Waals surface area contributed by atoms with Crippen LogP contribution in [0.5, 0.6) is 0 Å². The van der Waals surface area contributed by atoms with Crippen molar-refractivity contribution in [2.75, 3.05) is 19.6 Å². The molecule has 0 fully saturated rings. The minimum absolute atomic E-state index is 0.0642. The first kappa shape index (κ1) is 14.1. The van der Waals surface area contributed by atoms with Crippen LogP contribution in [0.1, 0.15) is 48.9 Å². The maximum Gasteiger partial charge on any atom is 0.272 e. The molecule has 1 amide bonds. The first-order chi connectivity index (χ1) is 9.11. The van der Waals surface area contributed by atoms with Crippen LogP contribution in [-0.2, 0) is 13.0 Å². The van der Waals surface area contributed by atoms with E-state index in [1.165, 1.54) is 6.42 Å². The van der Waals surface area contributed by atoms with Crippen molar-refractivity contribution in [3.8, 4) is 0 Å². The summed E-state index contributed by atoms with van der Waals surface area (Å²) in [5, 5.41) is 10.0. The van der Waals surface area contributed by atoms with E-state index >= 15 is 0 Å². The summed E-state index contributed by atoms with van der Waals surface area (Å²) in [5.41, 5.74) is 2.79. The van der Waals surface area contributed by atoms with E-state index in [9.17, 15) is 4.79 Å². The molecule has 0 saturated heterocycles. The molecule has 1 aliphatic rings. The highest BCUT2D eigenvalue weighted by molar-refractivity contribution is 5.93. The topological polar surface area (TPSA) is 61.0 Å². The van der Waals surface area contributed by atoms with Gasteiger partial charge in [-0.15, -0.1) is 0 Å². The Kier molecular flexibility index (Phi) is 4.58. The molecular formula is C14H24N4O. The highest BCUT2D eigenvalue weighted by atomic mass is 16.1. The van der Waals surface area contributed by atoms with Crippen LogP contribution in [0.2, 0.25) is 0 Å². The number of aromatic nitrogens is 2. The maximum atomic E-state index is 11.9. The highest BCUT2D eigenvalue weighted by Crippen LogP contribution is 2.21. The van der Waals surface area contributed by atoms with E-state index < -0.39 is 0 Å². The molecule has 0 bridgehead atoms. The van der Waals surface area contributed by atoms with Gasteiger partial charge in [-0.3, -0.25) is 14.8 Å². The number of aromatic amines is 1. The lowest BCUT2D eigenvalue weighted by atomic mass is 10.0. The first-order valence-corrected chi connectivity index (χ1v) is 7.18. The number of nitrogens with one attached hydrogen (secondary N) is 2. The second-order valence-corrected chi connectivity index (χ2v) is 5.60. The summed E-state index contributed by atoms with van der Waals surface area (Å²) >= 11 is 0. The highest BCUT2D eigenvalue weighted by Gasteiger charge is 2.24. The van der Waals surface area contributed by atoms with Gasteiger partial charge in [-0.05, 0) is 25.8 Å². The average molecular weight is 264 g/mol. The molecule has 0 atom stereocenters. The summed E-state index contributed by atoms with van der Waals surface area (Å²) in [5.74, 6) is 0.652. The Morgan fingerprint density at radius 3 is 3.00 bits per heavy atom. The fourth-order valence-electron chi connectivity index (χ4n) is 2.41. The van der Waals surface area contributed by atoms with Gasteiger partial charge in [0.15, 0.2) is 5.69 Å². The van der Waals surface area contributed by atoms with Gasteiger partial charge in [0.05, 0.1) is 0 Å². The van der Waals surface area contributed by atoms with Crippen LogP contribution < -0.4 is 5.32 Å². The number of hydrogen-bond donors (Lipinski definition) is 2. The molecule has 106 valence electrons. The molecule has 0 radical (unpaired) electrons. The average Bonchev–Trinajstić information content (AvgIpc) is 2.79. The van der Waals surface area contributed by atoms with Crippen molar-refractivity contribution in [1.82, 2.24) is 20.4 Å². The summed E-state index contributed by atoms with van der Waals surface area (Å²) < 4.78 is 0. The van der Waals surface area contributed by atoms with Crippen LogP contribution in [0, 0.1) is 5.92 Å². The second kappa shape index (κ2) is 6.19. The van der Waals surface area contributed by atoms with Gasteiger partial charge in [-0.1, -0.05) is 13.8 Å². The normalized spacial score (nSPS) is 15.6. The number of H-pyrrole nitrogens is 1. The molecule has 5 nitrogen and oxygen atoms in total. The zero-order chi connectivity index (χ0) is 13.8. The van der Waals surface area contributed by atoms with E-state index in [0.29, 0.717) is 18.2 Å². The maximum absolute atomic E-state index is 11.9. The molecule has 2 N–H and O–H groups in total. The lowest BCUT2D eigenvalue weighted by Crippen LogP contribution is -2.33. The molecule has 0 saturated carbocycles. The Balaban J connectivity index is 2.05. The number of rotatable bonds is 5. The van der Waals surface area contributed by atoms with Gasteiger partial charge >= 0.3 is 0 Å². The van der Waals surface area contributed by atoms with E-state index in [2.05, 4.69) is 34.3 Å². The van der Waals surface area contributed by atoms with Crippen LogP contribution in [0.25, 0.3) is 0 Å². The molecule has 5 heteroatoms. The van der Waals surface area contributed by atoms with Crippen LogP contribution in [0.4, 0.5) is 0 Å². The first-order valence-electron chi connectivity index (χ1n) is 7.18. The van der Waals surface area contributed by atoms with Gasteiger partial charge in [-0.25, -0.2) is 0 Å². The molecular weight excluding hydrogens is 240 g/mol. The summed E-state index contributed by atoms with van der Waals surface area (Å²) in [4.78, 5) is 14.4. The fraction of sp³-hybridized carbons (Fsp3) is 0.714. The van der Waals surface area contributed by atoms with Crippen LogP contribution in [0.15, 0.2) is 0 Å². The predicted octanol–water partition coefficient (Wildman–Crippen LogP) is 1.56. The van der Waals surface area contributed by atoms with Crippen molar-refractivity contribution < 1.29 is 4.79 Å². The van der Waals surface area contributed by atoms with Crippen molar-refractivity contribution in [2.24, 2.45) is 5.92 Å². The number of carbonyl (C=O) groups is 1. The molecule has 1 aromatic heterocycles. The van der Waals surface area contributed by atoms with E-state index in [-0.39, 0.29) is 5.91 Å². The summed E-state index contributed by atoms with van der Waals surface area (Å²) in [6.45, 7) is 10.0. The third kappa shape index (κ3) is 3.35. The zero-order valence-electron chi connectivity index (χ0n) is 12.1. The number of fused-ring (bicyclic) bond motifs is 1. The Labute approximate surface area is 114 Å². The van der Waals surface area contributed by atoms with Crippen molar-refractivity contribution in [1.29, 1.82) is 0 Å². The summed E-state index contributed by atoms with van der Waals surface area (Å²) in [6.07, 6.45) is 2.16. The quantitative estimate of drug-likeness (QED) is 0.848. The SMILES string of the molecule is CCNC(=O)c1n[nH]c2c1CN(CCC(C)C)CC2. The van der Waals surface area contributed by atoms with Crippen molar-refractivity contribution in [3.05, 3.63) is 17.0 Å². The smallest absolute Gasteiger partial charge is 0.272 e. The summed E-state index contributed by atoms with van der Waals surface area (Å²) in [7, 11) is 0. The van der Waals surface area contributed by atoms with Crippen LogP contribution in [-0.4, -0.2) is 40.6 Å². The van der Waals surface area contributed by atoms with Gasteiger partial charge in [0.1, 0.15) is 0 Å². The predicted molar refractivity (Wildman–Crippen MR) is 75.0 cm³/mol. The van der Waals surface area contributed by atoms with Crippen molar-refractivity contribution in [2.45, 2.75) is 40.2 Å². The molecule has 0 unspecified atom stereocenters. The zero-order valence-corrected chi connectivity index (χ0v) is 12.1. The van der Waals surface area contributed by atoms with Crippen LogP contribution >= 0.6 is 0 Å². The molecule has 0 spiro atoms. The van der Waals surface area contributed by atoms with Gasteiger partial charge in [0.2, 0.25) is 0 Å². The van der Waals surface area contributed by atoms with E-state index in [1.54, 1.807) is 0 Å². The lowest BCUT2D eigenvalue weighted by Gasteiger charge is -2.27. The third-order valence-electron chi connectivity index (χ3n) is 3.59. The van der Waals surface area contributed by atoms with Crippen molar-refractivity contribution >= 4 is 5.91 Å². The number of amides is 1. The Hall–Kier alpha value is -1.36.